The van der Waals surface area contributed by atoms with E-state index in [9.17, 15) is 13.5 Å². The molecule has 0 spiro atoms. The maximum absolute atomic E-state index is 11.9. The van der Waals surface area contributed by atoms with Gasteiger partial charge in [-0.3, -0.25) is 0 Å². The summed E-state index contributed by atoms with van der Waals surface area (Å²) < 4.78 is 23.9. The Morgan fingerprint density at radius 3 is 2.19 bits per heavy atom. The third kappa shape index (κ3) is 4.16. The van der Waals surface area contributed by atoms with Crippen LogP contribution in [-0.4, -0.2) is 19.3 Å². The van der Waals surface area contributed by atoms with Crippen LogP contribution in [0.15, 0.2) is 59.5 Å². The summed E-state index contributed by atoms with van der Waals surface area (Å²) in [6.07, 6.45) is 0.499. The lowest BCUT2D eigenvalue weighted by molar-refractivity contribution is 0.178. The smallest absolute Gasteiger partial charge is 0.178 e. The summed E-state index contributed by atoms with van der Waals surface area (Å²) >= 11 is 0. The second-order valence-electron chi connectivity index (χ2n) is 5.09. The van der Waals surface area contributed by atoms with Gasteiger partial charge in [-0.05, 0) is 29.7 Å². The maximum Gasteiger partial charge on any atom is 0.178 e. The molecule has 1 atom stereocenters. The van der Waals surface area contributed by atoms with E-state index < -0.39 is 15.9 Å². The van der Waals surface area contributed by atoms with Crippen molar-refractivity contribution >= 4 is 9.84 Å². The number of rotatable bonds is 6. The van der Waals surface area contributed by atoms with Gasteiger partial charge in [0.15, 0.2) is 9.84 Å². The monoisotopic (exact) mass is 304 g/mol. The van der Waals surface area contributed by atoms with E-state index in [1.807, 2.05) is 37.3 Å². The zero-order valence-corrected chi connectivity index (χ0v) is 12.9. The zero-order valence-electron chi connectivity index (χ0n) is 12.1. The molecular formula is C17H20O3S. The van der Waals surface area contributed by atoms with Crippen LogP contribution in [0, 0.1) is 0 Å². The summed E-state index contributed by atoms with van der Waals surface area (Å²) in [6, 6.07) is 16.2. The molecule has 0 fully saturated rings. The Balaban J connectivity index is 2.10. The summed E-state index contributed by atoms with van der Waals surface area (Å²) in [5, 5.41) is 10.2. The highest BCUT2D eigenvalue weighted by molar-refractivity contribution is 7.91. The molecule has 2 aromatic carbocycles. The van der Waals surface area contributed by atoms with Gasteiger partial charge in [0.05, 0.1) is 16.8 Å². The lowest BCUT2D eigenvalue weighted by Crippen LogP contribution is -2.06. The Kier molecular flexibility index (Phi) is 5.15. The minimum Gasteiger partial charge on any atom is -0.388 e. The van der Waals surface area contributed by atoms with E-state index in [-0.39, 0.29) is 5.75 Å². The van der Waals surface area contributed by atoms with Gasteiger partial charge >= 0.3 is 0 Å². The topological polar surface area (TPSA) is 54.4 Å². The van der Waals surface area contributed by atoms with Crippen molar-refractivity contribution in [2.45, 2.75) is 30.8 Å². The largest absolute Gasteiger partial charge is 0.388 e. The Bertz CT molecular complexity index is 661. The predicted molar refractivity (Wildman–Crippen MR) is 83.9 cm³/mol. The maximum atomic E-state index is 11.9. The van der Waals surface area contributed by atoms with E-state index in [0.717, 1.165) is 11.1 Å². The van der Waals surface area contributed by atoms with Crippen molar-refractivity contribution in [1.29, 1.82) is 0 Å². The van der Waals surface area contributed by atoms with Crippen molar-refractivity contribution < 1.29 is 13.5 Å². The summed E-state index contributed by atoms with van der Waals surface area (Å²) in [7, 11) is -3.17. The number of benzene rings is 2. The zero-order chi connectivity index (χ0) is 15.3. The first-order valence-corrected chi connectivity index (χ1v) is 8.73. The highest BCUT2D eigenvalue weighted by Crippen LogP contribution is 2.20. The van der Waals surface area contributed by atoms with Gasteiger partial charge in [-0.25, -0.2) is 8.42 Å². The molecule has 2 aromatic rings. The molecule has 1 unspecified atom stereocenters. The first kappa shape index (κ1) is 15.7. The van der Waals surface area contributed by atoms with Crippen molar-refractivity contribution in [3.05, 3.63) is 65.7 Å². The van der Waals surface area contributed by atoms with E-state index in [1.54, 1.807) is 24.3 Å². The molecule has 0 heterocycles. The molecule has 1 N–H and O–H groups in total. The quantitative estimate of drug-likeness (QED) is 0.892. The highest BCUT2D eigenvalue weighted by Gasteiger charge is 2.13. The fraction of sp³-hybridized carbons (Fsp3) is 0.294. The summed E-state index contributed by atoms with van der Waals surface area (Å²) in [5.41, 5.74) is 1.78. The van der Waals surface area contributed by atoms with Gasteiger partial charge in [0.25, 0.3) is 0 Å². The molecule has 0 aromatic heterocycles. The van der Waals surface area contributed by atoms with Crippen LogP contribution in [0.3, 0.4) is 0 Å². The molecule has 0 aliphatic carbocycles. The van der Waals surface area contributed by atoms with Crippen LogP contribution in [0.2, 0.25) is 0 Å². The van der Waals surface area contributed by atoms with Gasteiger partial charge in [-0.2, -0.15) is 0 Å². The van der Waals surface area contributed by atoms with Gasteiger partial charge in [0.2, 0.25) is 0 Å². The number of hydrogen-bond donors (Lipinski definition) is 1. The SMILES string of the molecule is CCCS(=O)(=O)c1ccc(CC(O)c2ccccc2)cc1. The molecule has 112 valence electrons. The minimum atomic E-state index is -3.17. The average molecular weight is 304 g/mol. The fourth-order valence-corrected chi connectivity index (χ4v) is 3.56. The molecule has 0 radical (unpaired) electrons. The van der Waals surface area contributed by atoms with Crippen molar-refractivity contribution in [1.82, 2.24) is 0 Å². The Hall–Kier alpha value is -1.65. The van der Waals surface area contributed by atoms with E-state index in [1.165, 1.54) is 0 Å². The summed E-state index contributed by atoms with van der Waals surface area (Å²) in [5.74, 6) is 0.166. The van der Waals surface area contributed by atoms with Crippen molar-refractivity contribution in [2.75, 3.05) is 5.75 Å². The van der Waals surface area contributed by atoms with Crippen molar-refractivity contribution in [2.24, 2.45) is 0 Å². The summed E-state index contributed by atoms with van der Waals surface area (Å²) in [6.45, 7) is 1.85. The van der Waals surface area contributed by atoms with Crippen LogP contribution >= 0.6 is 0 Å². The third-order valence-corrected chi connectivity index (χ3v) is 5.30. The molecule has 21 heavy (non-hydrogen) atoms. The van der Waals surface area contributed by atoms with E-state index in [2.05, 4.69) is 0 Å². The van der Waals surface area contributed by atoms with E-state index in [4.69, 9.17) is 0 Å². The van der Waals surface area contributed by atoms with Crippen LogP contribution in [0.25, 0.3) is 0 Å². The van der Waals surface area contributed by atoms with Crippen LogP contribution < -0.4 is 0 Å². The van der Waals surface area contributed by atoms with Gasteiger partial charge in [0, 0.05) is 6.42 Å². The summed E-state index contributed by atoms with van der Waals surface area (Å²) in [4.78, 5) is 0.349. The van der Waals surface area contributed by atoms with Crippen molar-refractivity contribution in [3.63, 3.8) is 0 Å². The van der Waals surface area contributed by atoms with Crippen LogP contribution in [0.1, 0.15) is 30.6 Å². The third-order valence-electron chi connectivity index (χ3n) is 3.37. The number of aliphatic hydroxyl groups excluding tert-OH is 1. The highest BCUT2D eigenvalue weighted by atomic mass is 32.2. The van der Waals surface area contributed by atoms with Gasteiger partial charge in [-0.15, -0.1) is 0 Å². The molecule has 4 heteroatoms. The van der Waals surface area contributed by atoms with E-state index in [0.29, 0.717) is 17.7 Å². The second kappa shape index (κ2) is 6.87. The van der Waals surface area contributed by atoms with Crippen LogP contribution in [0.5, 0.6) is 0 Å². The predicted octanol–water partition coefficient (Wildman–Crippen LogP) is 3.15. The molecule has 0 saturated heterocycles. The molecule has 0 amide bonds. The number of sulfone groups is 1. The van der Waals surface area contributed by atoms with Gasteiger partial charge in [0.1, 0.15) is 0 Å². The molecule has 0 aliphatic rings. The molecule has 0 bridgehead atoms. The lowest BCUT2D eigenvalue weighted by Gasteiger charge is -2.11. The standard InChI is InChI=1S/C17H20O3S/c1-2-12-21(19,20)16-10-8-14(9-11-16)13-17(18)15-6-4-3-5-7-15/h3-11,17-18H,2,12-13H2,1H3. The average Bonchev–Trinajstić information content (AvgIpc) is 2.48. The molecule has 3 nitrogen and oxygen atoms in total. The van der Waals surface area contributed by atoms with Gasteiger partial charge < -0.3 is 5.11 Å². The number of aliphatic hydroxyl groups is 1. The van der Waals surface area contributed by atoms with Crippen LogP contribution in [0.4, 0.5) is 0 Å². The first-order chi connectivity index (χ1) is 10.0. The lowest BCUT2D eigenvalue weighted by atomic mass is 10.0. The van der Waals surface area contributed by atoms with Crippen molar-refractivity contribution in [3.8, 4) is 0 Å². The van der Waals surface area contributed by atoms with Crippen LogP contribution in [-0.2, 0) is 16.3 Å². The molecule has 0 aliphatic heterocycles. The molecule has 0 saturated carbocycles. The molecular weight excluding hydrogens is 284 g/mol. The normalized spacial score (nSPS) is 13.0. The first-order valence-electron chi connectivity index (χ1n) is 7.07. The Morgan fingerprint density at radius 2 is 1.62 bits per heavy atom. The minimum absolute atomic E-state index is 0.166. The van der Waals surface area contributed by atoms with Gasteiger partial charge in [-0.1, -0.05) is 49.4 Å². The second-order valence-corrected chi connectivity index (χ2v) is 7.20. The number of hydrogen-bond acceptors (Lipinski definition) is 3. The molecule has 2 rings (SSSR count). The Labute approximate surface area is 126 Å². The Morgan fingerprint density at radius 1 is 1.00 bits per heavy atom. The fourth-order valence-electron chi connectivity index (χ4n) is 2.24. The van der Waals surface area contributed by atoms with E-state index >= 15 is 0 Å².